The zero-order valence-corrected chi connectivity index (χ0v) is 9.11. The molecule has 1 heterocycles. The maximum Gasteiger partial charge on any atom is 0.328 e. The van der Waals surface area contributed by atoms with Crippen molar-refractivity contribution in [3.05, 3.63) is 43.5 Å². The Kier molecular flexibility index (Phi) is 6.45. The van der Waals surface area contributed by atoms with E-state index < -0.39 is 11.9 Å². The molecule has 90 valence electrons. The molecule has 0 unspecified atom stereocenters. The number of nitrogens with two attached hydrogens (primary N) is 1. The number of primary amides is 1. The van der Waals surface area contributed by atoms with Gasteiger partial charge in [0.1, 0.15) is 5.82 Å². The summed E-state index contributed by atoms with van der Waals surface area (Å²) < 4.78 is 1.62. The van der Waals surface area contributed by atoms with Crippen molar-refractivity contribution in [2.45, 2.75) is 0 Å². The van der Waals surface area contributed by atoms with Crippen LogP contribution < -0.4 is 5.73 Å². The van der Waals surface area contributed by atoms with Gasteiger partial charge in [0.05, 0.1) is 0 Å². The van der Waals surface area contributed by atoms with E-state index in [-0.39, 0.29) is 0 Å². The third kappa shape index (κ3) is 6.45. The van der Waals surface area contributed by atoms with Crippen molar-refractivity contribution >= 4 is 24.2 Å². The highest BCUT2D eigenvalue weighted by Gasteiger charge is 1.94. The number of aliphatic carboxylic acids is 1. The minimum atomic E-state index is -0.992. The molecule has 1 rings (SSSR count). The second-order valence-corrected chi connectivity index (χ2v) is 2.65. The van der Waals surface area contributed by atoms with Crippen LogP contribution in [0.15, 0.2) is 37.7 Å². The van der Waals surface area contributed by atoms with Crippen molar-refractivity contribution in [1.82, 2.24) is 9.55 Å². The van der Waals surface area contributed by atoms with Gasteiger partial charge in [0, 0.05) is 24.7 Å². The van der Waals surface area contributed by atoms with Crippen LogP contribution in [0.1, 0.15) is 5.82 Å². The SMILES string of the molecule is C=CC(N)=O.C=Cn1ccnc1C=CC(=O)O. The average Bonchev–Trinajstić information content (AvgIpc) is 2.74. The van der Waals surface area contributed by atoms with Gasteiger partial charge in [0.15, 0.2) is 0 Å². The first kappa shape index (κ1) is 14.4. The van der Waals surface area contributed by atoms with Gasteiger partial charge in [0.2, 0.25) is 5.91 Å². The van der Waals surface area contributed by atoms with Gasteiger partial charge in [0.25, 0.3) is 0 Å². The molecule has 1 amide bonds. The van der Waals surface area contributed by atoms with Gasteiger partial charge < -0.3 is 15.4 Å². The van der Waals surface area contributed by atoms with Crippen LogP contribution in [0.5, 0.6) is 0 Å². The number of aromatic nitrogens is 2. The van der Waals surface area contributed by atoms with Gasteiger partial charge in [-0.05, 0) is 12.2 Å². The third-order valence-electron chi connectivity index (χ3n) is 1.47. The van der Waals surface area contributed by atoms with Crippen LogP contribution in [-0.4, -0.2) is 26.5 Å². The fourth-order valence-corrected chi connectivity index (χ4v) is 0.754. The molecule has 6 nitrogen and oxygen atoms in total. The first-order chi connectivity index (χ1) is 8.01. The monoisotopic (exact) mass is 235 g/mol. The molecule has 0 aromatic carbocycles. The highest BCUT2D eigenvalue weighted by Crippen LogP contribution is 1.99. The minimum absolute atomic E-state index is 0.481. The van der Waals surface area contributed by atoms with Crippen molar-refractivity contribution in [1.29, 1.82) is 0 Å². The zero-order valence-electron chi connectivity index (χ0n) is 9.11. The highest BCUT2D eigenvalue weighted by atomic mass is 16.4. The number of carboxylic acids is 1. The number of carbonyl (C=O) groups is 2. The van der Waals surface area contributed by atoms with Crippen LogP contribution in [0.3, 0.4) is 0 Å². The van der Waals surface area contributed by atoms with Crippen LogP contribution in [0.4, 0.5) is 0 Å². The molecule has 0 bridgehead atoms. The van der Waals surface area contributed by atoms with E-state index in [2.05, 4.69) is 23.9 Å². The normalized spacial score (nSPS) is 9.18. The fraction of sp³-hybridized carbons (Fsp3) is 0. The Balaban J connectivity index is 0.000000437. The summed E-state index contributed by atoms with van der Waals surface area (Å²) in [6.45, 7) is 6.62. The van der Waals surface area contributed by atoms with Gasteiger partial charge >= 0.3 is 5.97 Å². The molecule has 1 aromatic heterocycles. The summed E-state index contributed by atoms with van der Waals surface area (Å²) >= 11 is 0. The summed E-state index contributed by atoms with van der Waals surface area (Å²) in [6, 6.07) is 0. The molecule has 0 aliphatic rings. The van der Waals surface area contributed by atoms with Crippen molar-refractivity contribution in [3.63, 3.8) is 0 Å². The molecule has 0 spiro atoms. The lowest BCUT2D eigenvalue weighted by Crippen LogP contribution is -2.04. The van der Waals surface area contributed by atoms with Gasteiger partial charge in [-0.2, -0.15) is 0 Å². The third-order valence-corrected chi connectivity index (χ3v) is 1.47. The lowest BCUT2D eigenvalue weighted by molar-refractivity contribution is -0.131. The number of carboxylic acid groups (broad SMARTS) is 1. The van der Waals surface area contributed by atoms with E-state index >= 15 is 0 Å². The van der Waals surface area contributed by atoms with Crippen molar-refractivity contribution in [2.24, 2.45) is 5.73 Å². The molecule has 0 saturated heterocycles. The largest absolute Gasteiger partial charge is 0.478 e. The Bertz CT molecular complexity index is 447. The number of amides is 1. The predicted octanol–water partition coefficient (Wildman–Crippen LogP) is 0.739. The predicted molar refractivity (Wildman–Crippen MR) is 64.7 cm³/mol. The van der Waals surface area contributed by atoms with E-state index in [1.165, 1.54) is 6.08 Å². The Morgan fingerprint density at radius 2 is 2.06 bits per heavy atom. The Morgan fingerprint density at radius 1 is 1.47 bits per heavy atom. The van der Waals surface area contributed by atoms with Gasteiger partial charge in [-0.1, -0.05) is 13.2 Å². The summed E-state index contributed by atoms with van der Waals surface area (Å²) in [7, 11) is 0. The molecule has 6 heteroatoms. The summed E-state index contributed by atoms with van der Waals surface area (Å²) in [6.07, 6.45) is 8.30. The van der Waals surface area contributed by atoms with E-state index in [1.54, 1.807) is 23.2 Å². The van der Waals surface area contributed by atoms with Crippen molar-refractivity contribution < 1.29 is 14.7 Å². The number of nitrogens with zero attached hydrogens (tertiary/aromatic N) is 2. The van der Waals surface area contributed by atoms with Gasteiger partial charge in [-0.15, -0.1) is 0 Å². The quantitative estimate of drug-likeness (QED) is 0.752. The van der Waals surface area contributed by atoms with Crippen LogP contribution in [-0.2, 0) is 9.59 Å². The lowest BCUT2D eigenvalue weighted by atomic mass is 10.5. The first-order valence-electron chi connectivity index (χ1n) is 4.49. The molecule has 0 saturated carbocycles. The first-order valence-corrected chi connectivity index (χ1v) is 4.49. The highest BCUT2D eigenvalue weighted by molar-refractivity contribution is 5.85. The molecular weight excluding hydrogens is 222 g/mol. The molecule has 0 radical (unpaired) electrons. The van der Waals surface area contributed by atoms with Gasteiger partial charge in [-0.3, -0.25) is 4.79 Å². The Labute approximate surface area is 98.4 Å². The molecular formula is C11H13N3O3. The zero-order chi connectivity index (χ0) is 13.3. The molecule has 17 heavy (non-hydrogen) atoms. The number of rotatable bonds is 4. The van der Waals surface area contributed by atoms with E-state index in [4.69, 9.17) is 5.11 Å². The standard InChI is InChI=1S/C8H8N2O2.C3H5NO/c1-2-10-6-5-9-7(10)3-4-8(11)12;1-2-3(4)5/h2-6H,1H2,(H,11,12);2H,1H2,(H2,4,5). The average molecular weight is 235 g/mol. The smallest absolute Gasteiger partial charge is 0.328 e. The molecule has 1 aromatic rings. The number of carbonyl (C=O) groups excluding carboxylic acids is 1. The molecule has 0 fully saturated rings. The van der Waals surface area contributed by atoms with Crippen molar-refractivity contribution in [2.75, 3.05) is 0 Å². The van der Waals surface area contributed by atoms with E-state index in [1.807, 2.05) is 0 Å². The lowest BCUT2D eigenvalue weighted by Gasteiger charge is -1.92. The summed E-state index contributed by atoms with van der Waals surface area (Å²) in [5.41, 5.74) is 4.53. The van der Waals surface area contributed by atoms with E-state index in [9.17, 15) is 9.59 Å². The topological polar surface area (TPSA) is 98.2 Å². The maximum absolute atomic E-state index is 10.1. The van der Waals surface area contributed by atoms with Crippen LogP contribution in [0.2, 0.25) is 0 Å². The van der Waals surface area contributed by atoms with Crippen LogP contribution in [0.25, 0.3) is 12.3 Å². The number of imidazole rings is 1. The molecule has 0 atom stereocenters. The Hall–Kier alpha value is -2.63. The van der Waals surface area contributed by atoms with E-state index in [0.29, 0.717) is 5.82 Å². The molecule has 0 aliphatic carbocycles. The number of hydrogen-bond acceptors (Lipinski definition) is 3. The van der Waals surface area contributed by atoms with Gasteiger partial charge in [-0.25, -0.2) is 9.78 Å². The maximum atomic E-state index is 10.1. The summed E-state index contributed by atoms with van der Waals surface area (Å²) in [4.78, 5) is 23.5. The number of hydrogen-bond donors (Lipinski definition) is 2. The van der Waals surface area contributed by atoms with Crippen LogP contribution in [0, 0.1) is 0 Å². The molecule has 0 aliphatic heterocycles. The second kappa shape index (κ2) is 7.63. The van der Waals surface area contributed by atoms with E-state index in [0.717, 1.165) is 12.2 Å². The fourth-order valence-electron chi connectivity index (χ4n) is 0.754. The van der Waals surface area contributed by atoms with Crippen LogP contribution >= 0.6 is 0 Å². The second-order valence-electron chi connectivity index (χ2n) is 2.65. The Morgan fingerprint density at radius 3 is 2.47 bits per heavy atom. The summed E-state index contributed by atoms with van der Waals surface area (Å²) in [5, 5.41) is 8.33. The molecule has 3 N–H and O–H groups in total. The summed E-state index contributed by atoms with van der Waals surface area (Å²) in [5.74, 6) is -0.925. The van der Waals surface area contributed by atoms with Crippen molar-refractivity contribution in [3.8, 4) is 0 Å². The minimum Gasteiger partial charge on any atom is -0.478 e.